The molecule has 1 aromatic carbocycles. The Morgan fingerprint density at radius 2 is 1.96 bits per heavy atom. The number of thiazole rings is 1. The van der Waals surface area contributed by atoms with Crippen molar-refractivity contribution in [1.29, 1.82) is 0 Å². The van der Waals surface area contributed by atoms with Gasteiger partial charge in [0.1, 0.15) is 11.6 Å². The third-order valence-electron chi connectivity index (χ3n) is 4.99. The minimum Gasteiger partial charge on any atom is -0.493 e. The van der Waals surface area contributed by atoms with E-state index < -0.39 is 0 Å². The van der Waals surface area contributed by atoms with E-state index in [0.717, 1.165) is 30.0 Å². The van der Waals surface area contributed by atoms with E-state index in [1.54, 1.807) is 14.2 Å². The van der Waals surface area contributed by atoms with Gasteiger partial charge in [0.05, 0.1) is 26.5 Å². The van der Waals surface area contributed by atoms with Crippen LogP contribution >= 0.6 is 11.3 Å². The molecule has 6 nitrogen and oxygen atoms in total. The number of rotatable bonds is 10. The molecule has 1 fully saturated rings. The van der Waals surface area contributed by atoms with Crippen molar-refractivity contribution in [3.05, 3.63) is 34.3 Å². The summed E-state index contributed by atoms with van der Waals surface area (Å²) in [5.41, 5.74) is 0.907. The van der Waals surface area contributed by atoms with E-state index in [9.17, 15) is 4.79 Å². The number of aromatic nitrogens is 1. The standard InChI is InChI=1S/C21H28N2O4S/c1-5-14(2)23(21(24)15-9-10-15)11-16-13-28-19(22-16)12-27-20-17(25-3)7-6-8-18(20)26-4/h6-8,13-15H,5,9-12H2,1-4H3/t14-/m1/s1. The number of methoxy groups -OCH3 is 2. The van der Waals surface area contributed by atoms with Crippen LogP contribution in [0.4, 0.5) is 0 Å². The van der Waals surface area contributed by atoms with Crippen LogP contribution in [0.5, 0.6) is 17.2 Å². The quantitative estimate of drug-likeness (QED) is 0.592. The van der Waals surface area contributed by atoms with E-state index >= 15 is 0 Å². The molecular weight excluding hydrogens is 376 g/mol. The number of nitrogens with zero attached hydrogens (tertiary/aromatic N) is 2. The van der Waals surface area contributed by atoms with Crippen LogP contribution in [0.1, 0.15) is 43.8 Å². The van der Waals surface area contributed by atoms with Gasteiger partial charge in [-0.2, -0.15) is 0 Å². The van der Waals surface area contributed by atoms with E-state index in [4.69, 9.17) is 14.2 Å². The minimum absolute atomic E-state index is 0.215. The van der Waals surface area contributed by atoms with Gasteiger partial charge in [0.15, 0.2) is 11.5 Å². The molecule has 1 amide bonds. The first-order valence-electron chi connectivity index (χ1n) is 9.64. The molecule has 28 heavy (non-hydrogen) atoms. The third-order valence-corrected chi connectivity index (χ3v) is 5.86. The molecule has 152 valence electrons. The first-order valence-corrected chi connectivity index (χ1v) is 10.5. The average molecular weight is 405 g/mol. The van der Waals surface area contributed by atoms with Crippen LogP contribution in [0.15, 0.2) is 23.6 Å². The minimum atomic E-state index is 0.215. The van der Waals surface area contributed by atoms with Gasteiger partial charge in [0, 0.05) is 17.3 Å². The Morgan fingerprint density at radius 1 is 1.29 bits per heavy atom. The Balaban J connectivity index is 1.66. The highest BCUT2D eigenvalue weighted by atomic mass is 32.1. The fourth-order valence-electron chi connectivity index (χ4n) is 2.99. The fourth-order valence-corrected chi connectivity index (χ4v) is 3.69. The number of hydrogen-bond acceptors (Lipinski definition) is 6. The van der Waals surface area contributed by atoms with E-state index in [-0.39, 0.29) is 17.9 Å². The average Bonchev–Trinajstić information content (AvgIpc) is 3.48. The summed E-state index contributed by atoms with van der Waals surface area (Å²) in [6.07, 6.45) is 2.97. The molecule has 2 aromatic rings. The van der Waals surface area contributed by atoms with Crippen LogP contribution < -0.4 is 14.2 Å². The van der Waals surface area contributed by atoms with Crippen molar-refractivity contribution < 1.29 is 19.0 Å². The van der Waals surface area contributed by atoms with Crippen LogP contribution in [0.2, 0.25) is 0 Å². The van der Waals surface area contributed by atoms with Gasteiger partial charge < -0.3 is 19.1 Å². The Bertz CT molecular complexity index is 781. The molecule has 0 spiro atoms. The van der Waals surface area contributed by atoms with Gasteiger partial charge in [0.2, 0.25) is 11.7 Å². The molecule has 7 heteroatoms. The lowest BCUT2D eigenvalue weighted by atomic mass is 10.2. The van der Waals surface area contributed by atoms with Crippen molar-refractivity contribution in [2.75, 3.05) is 14.2 Å². The highest BCUT2D eigenvalue weighted by Crippen LogP contribution is 2.37. The van der Waals surface area contributed by atoms with E-state index in [1.165, 1.54) is 11.3 Å². The van der Waals surface area contributed by atoms with Crippen LogP contribution in [0, 0.1) is 5.92 Å². The summed E-state index contributed by atoms with van der Waals surface area (Å²) in [6.45, 7) is 5.09. The van der Waals surface area contributed by atoms with Crippen LogP contribution in [-0.2, 0) is 17.9 Å². The smallest absolute Gasteiger partial charge is 0.226 e. The Morgan fingerprint density at radius 3 is 2.54 bits per heavy atom. The van der Waals surface area contributed by atoms with Crippen molar-refractivity contribution in [3.63, 3.8) is 0 Å². The normalized spacial score (nSPS) is 14.4. The van der Waals surface area contributed by atoms with Gasteiger partial charge in [-0.15, -0.1) is 11.3 Å². The summed E-state index contributed by atoms with van der Waals surface area (Å²) < 4.78 is 16.7. The van der Waals surface area contributed by atoms with Crippen molar-refractivity contribution in [2.45, 2.75) is 52.3 Å². The molecule has 1 heterocycles. The Labute approximate surface area is 170 Å². The van der Waals surface area contributed by atoms with E-state index in [1.807, 2.05) is 28.5 Å². The van der Waals surface area contributed by atoms with E-state index in [2.05, 4.69) is 18.8 Å². The van der Waals surface area contributed by atoms with E-state index in [0.29, 0.717) is 30.4 Å². The molecule has 1 aliphatic rings. The van der Waals surface area contributed by atoms with Gasteiger partial charge in [-0.3, -0.25) is 4.79 Å². The largest absolute Gasteiger partial charge is 0.493 e. The molecule has 0 radical (unpaired) electrons. The Kier molecular flexibility index (Phi) is 6.78. The molecule has 0 bridgehead atoms. The molecule has 0 aliphatic heterocycles. The lowest BCUT2D eigenvalue weighted by Crippen LogP contribution is -2.38. The molecule has 0 N–H and O–H groups in total. The number of ether oxygens (including phenoxy) is 3. The number of hydrogen-bond donors (Lipinski definition) is 0. The molecule has 0 saturated heterocycles. The number of para-hydroxylation sites is 1. The zero-order chi connectivity index (χ0) is 20.1. The first kappa shape index (κ1) is 20.5. The predicted molar refractivity (Wildman–Crippen MR) is 109 cm³/mol. The van der Waals surface area contributed by atoms with Crippen LogP contribution in [0.3, 0.4) is 0 Å². The lowest BCUT2D eigenvalue weighted by molar-refractivity contribution is -0.135. The molecule has 3 rings (SSSR count). The van der Waals surface area contributed by atoms with Crippen molar-refractivity contribution >= 4 is 17.2 Å². The Hall–Kier alpha value is -2.28. The van der Waals surface area contributed by atoms with Crippen LogP contribution in [0.25, 0.3) is 0 Å². The zero-order valence-electron chi connectivity index (χ0n) is 16.9. The summed E-state index contributed by atoms with van der Waals surface area (Å²) in [6, 6.07) is 5.73. The SMILES string of the molecule is CC[C@@H](C)N(Cc1csc(COc2c(OC)cccc2OC)n1)C(=O)C1CC1. The predicted octanol–water partition coefficient (Wildman–Crippen LogP) is 4.28. The zero-order valence-corrected chi connectivity index (χ0v) is 17.8. The van der Waals surface area contributed by atoms with Gasteiger partial charge in [0.25, 0.3) is 0 Å². The second-order valence-corrected chi connectivity index (χ2v) is 7.95. The maximum Gasteiger partial charge on any atom is 0.226 e. The van der Waals surface area contributed by atoms with Crippen LogP contribution in [-0.4, -0.2) is 36.1 Å². The second kappa shape index (κ2) is 9.28. The number of carbonyl (C=O) groups excluding carboxylic acids is 1. The summed E-state index contributed by atoms with van der Waals surface area (Å²) in [5.74, 6) is 2.28. The summed E-state index contributed by atoms with van der Waals surface area (Å²) in [5, 5.41) is 2.86. The second-order valence-electron chi connectivity index (χ2n) is 7.01. The lowest BCUT2D eigenvalue weighted by Gasteiger charge is -2.28. The molecule has 0 unspecified atom stereocenters. The van der Waals surface area contributed by atoms with Gasteiger partial charge >= 0.3 is 0 Å². The maximum atomic E-state index is 12.6. The number of carbonyl (C=O) groups is 1. The highest BCUT2D eigenvalue weighted by Gasteiger charge is 2.35. The molecule has 1 saturated carbocycles. The van der Waals surface area contributed by atoms with Crippen molar-refractivity contribution in [3.8, 4) is 17.2 Å². The summed E-state index contributed by atoms with van der Waals surface area (Å²) in [7, 11) is 3.20. The fraction of sp³-hybridized carbons (Fsp3) is 0.524. The monoisotopic (exact) mass is 404 g/mol. The first-order chi connectivity index (χ1) is 13.6. The van der Waals surface area contributed by atoms with Gasteiger partial charge in [-0.05, 0) is 38.3 Å². The molecule has 1 atom stereocenters. The summed E-state index contributed by atoms with van der Waals surface area (Å²) >= 11 is 1.54. The maximum absolute atomic E-state index is 12.6. The summed E-state index contributed by atoms with van der Waals surface area (Å²) in [4.78, 5) is 19.3. The molecular formula is C21H28N2O4S. The number of benzene rings is 1. The van der Waals surface area contributed by atoms with Gasteiger partial charge in [-0.25, -0.2) is 4.98 Å². The highest BCUT2D eigenvalue weighted by molar-refractivity contribution is 7.09. The third kappa shape index (κ3) is 4.76. The van der Waals surface area contributed by atoms with Crippen molar-refractivity contribution in [1.82, 2.24) is 9.88 Å². The van der Waals surface area contributed by atoms with Gasteiger partial charge in [-0.1, -0.05) is 13.0 Å². The molecule has 1 aliphatic carbocycles. The number of amides is 1. The van der Waals surface area contributed by atoms with Crippen molar-refractivity contribution in [2.24, 2.45) is 5.92 Å². The topological polar surface area (TPSA) is 60.9 Å². The molecule has 1 aromatic heterocycles.